The van der Waals surface area contributed by atoms with Gasteiger partial charge in [-0.05, 0) is 30.7 Å². The summed E-state index contributed by atoms with van der Waals surface area (Å²) >= 11 is 0. The van der Waals surface area contributed by atoms with Crippen molar-refractivity contribution in [1.29, 1.82) is 0 Å². The standard InChI is InChI=1S/C22H23NO6/c1-13-15-7-5-6-8-17(15)29-21(13)22(25)23-16(12-20(24)28-4)14-9-10-18(26-2)19(11-14)27-3/h5-11,16H,12H2,1-4H3,(H,23,25)/t16-/m1/s1. The van der Waals surface area contributed by atoms with Gasteiger partial charge in [0.25, 0.3) is 5.91 Å². The minimum Gasteiger partial charge on any atom is -0.493 e. The number of aryl methyl sites for hydroxylation is 1. The highest BCUT2D eigenvalue weighted by atomic mass is 16.5. The third-order valence-electron chi connectivity index (χ3n) is 4.76. The summed E-state index contributed by atoms with van der Waals surface area (Å²) in [5.74, 6) is 0.386. The summed E-state index contributed by atoms with van der Waals surface area (Å²) < 4.78 is 21.1. The van der Waals surface area contributed by atoms with Crippen molar-refractivity contribution in [3.63, 3.8) is 0 Å². The van der Waals surface area contributed by atoms with Crippen LogP contribution in [0.5, 0.6) is 11.5 Å². The minimum absolute atomic E-state index is 0.0446. The number of amides is 1. The van der Waals surface area contributed by atoms with Crippen molar-refractivity contribution in [3.8, 4) is 11.5 Å². The summed E-state index contributed by atoms with van der Waals surface area (Å²) in [5.41, 5.74) is 2.04. The van der Waals surface area contributed by atoms with Crippen molar-refractivity contribution >= 4 is 22.8 Å². The molecule has 1 atom stereocenters. The van der Waals surface area contributed by atoms with Gasteiger partial charge in [0.2, 0.25) is 0 Å². The van der Waals surface area contributed by atoms with Gasteiger partial charge in [-0.3, -0.25) is 9.59 Å². The molecule has 3 aromatic rings. The lowest BCUT2D eigenvalue weighted by molar-refractivity contribution is -0.141. The quantitative estimate of drug-likeness (QED) is 0.611. The van der Waals surface area contributed by atoms with Gasteiger partial charge in [0.05, 0.1) is 33.8 Å². The Bertz CT molecular complexity index is 1040. The molecule has 0 fully saturated rings. The highest BCUT2D eigenvalue weighted by Crippen LogP contribution is 2.32. The molecule has 0 aliphatic heterocycles. The number of carbonyl (C=O) groups is 2. The molecule has 0 radical (unpaired) electrons. The van der Waals surface area contributed by atoms with Crippen LogP contribution >= 0.6 is 0 Å². The molecule has 7 nitrogen and oxygen atoms in total. The van der Waals surface area contributed by atoms with Gasteiger partial charge in [-0.25, -0.2) is 0 Å². The fraction of sp³-hybridized carbons (Fsp3) is 0.273. The van der Waals surface area contributed by atoms with Crippen LogP contribution in [0.2, 0.25) is 0 Å². The summed E-state index contributed by atoms with van der Waals surface area (Å²) in [5, 5.41) is 3.74. The number of carbonyl (C=O) groups excluding carboxylic acids is 2. The van der Waals surface area contributed by atoms with Gasteiger partial charge >= 0.3 is 5.97 Å². The molecule has 0 bridgehead atoms. The van der Waals surface area contributed by atoms with Crippen molar-refractivity contribution in [1.82, 2.24) is 5.32 Å². The second-order valence-corrected chi connectivity index (χ2v) is 6.47. The first kappa shape index (κ1) is 20.3. The zero-order chi connectivity index (χ0) is 21.0. The number of ether oxygens (including phenoxy) is 3. The maximum absolute atomic E-state index is 13.0. The topological polar surface area (TPSA) is 87.0 Å². The molecular weight excluding hydrogens is 374 g/mol. The first-order valence-corrected chi connectivity index (χ1v) is 9.06. The number of esters is 1. The molecule has 0 saturated heterocycles. The second-order valence-electron chi connectivity index (χ2n) is 6.47. The molecule has 152 valence electrons. The molecule has 3 rings (SSSR count). The molecule has 0 saturated carbocycles. The predicted octanol–water partition coefficient (Wildman–Crippen LogP) is 3.79. The number of nitrogens with one attached hydrogen (secondary N) is 1. The smallest absolute Gasteiger partial charge is 0.307 e. The number of rotatable bonds is 7. The van der Waals surface area contributed by atoms with Gasteiger partial charge < -0.3 is 23.9 Å². The first-order chi connectivity index (χ1) is 14.0. The van der Waals surface area contributed by atoms with E-state index in [4.69, 9.17) is 18.6 Å². The Hall–Kier alpha value is -3.48. The Kier molecular flexibility index (Phi) is 6.07. The van der Waals surface area contributed by atoms with Gasteiger partial charge in [-0.15, -0.1) is 0 Å². The average Bonchev–Trinajstić information content (AvgIpc) is 3.09. The molecule has 0 aliphatic carbocycles. The molecule has 1 N–H and O–H groups in total. The van der Waals surface area contributed by atoms with Crippen molar-refractivity contribution in [2.45, 2.75) is 19.4 Å². The van der Waals surface area contributed by atoms with Crippen molar-refractivity contribution in [3.05, 3.63) is 59.4 Å². The number of hydrogen-bond acceptors (Lipinski definition) is 6. The fourth-order valence-electron chi connectivity index (χ4n) is 3.19. The Morgan fingerprint density at radius 2 is 1.76 bits per heavy atom. The van der Waals surface area contributed by atoms with Gasteiger partial charge in [-0.1, -0.05) is 24.3 Å². The molecule has 2 aromatic carbocycles. The third-order valence-corrected chi connectivity index (χ3v) is 4.76. The number of furan rings is 1. The maximum atomic E-state index is 13.0. The predicted molar refractivity (Wildman–Crippen MR) is 107 cm³/mol. The van der Waals surface area contributed by atoms with Crippen LogP contribution in [0.1, 0.15) is 34.1 Å². The highest BCUT2D eigenvalue weighted by molar-refractivity contribution is 5.99. The zero-order valence-corrected chi connectivity index (χ0v) is 16.8. The van der Waals surface area contributed by atoms with Crippen molar-refractivity contribution < 1.29 is 28.2 Å². The molecule has 1 amide bonds. The number of fused-ring (bicyclic) bond motifs is 1. The SMILES string of the molecule is COC(=O)C[C@@H](NC(=O)c1oc2ccccc2c1C)c1ccc(OC)c(OC)c1. The third kappa shape index (κ3) is 4.18. The lowest BCUT2D eigenvalue weighted by atomic mass is 10.0. The van der Waals surface area contributed by atoms with Crippen LogP contribution in [0.15, 0.2) is 46.9 Å². The van der Waals surface area contributed by atoms with Crippen LogP contribution in [0.4, 0.5) is 0 Å². The van der Waals surface area contributed by atoms with Gasteiger partial charge in [0, 0.05) is 10.9 Å². The minimum atomic E-state index is -0.637. The van der Waals surface area contributed by atoms with Gasteiger partial charge in [0.1, 0.15) is 5.58 Å². The molecule has 0 unspecified atom stereocenters. The number of hydrogen-bond donors (Lipinski definition) is 1. The van der Waals surface area contributed by atoms with Gasteiger partial charge in [0.15, 0.2) is 17.3 Å². The second kappa shape index (κ2) is 8.68. The van der Waals surface area contributed by atoms with E-state index in [1.807, 2.05) is 25.1 Å². The molecule has 1 heterocycles. The molecule has 1 aromatic heterocycles. The highest BCUT2D eigenvalue weighted by Gasteiger charge is 2.24. The molecule has 0 spiro atoms. The molecule has 0 aliphatic rings. The summed E-state index contributed by atoms with van der Waals surface area (Å²) in [6.07, 6.45) is -0.0446. The number of benzene rings is 2. The van der Waals surface area contributed by atoms with Crippen LogP contribution in [-0.2, 0) is 9.53 Å². The summed E-state index contributed by atoms with van der Waals surface area (Å²) in [6, 6.07) is 12.0. The molecular formula is C22H23NO6. The maximum Gasteiger partial charge on any atom is 0.307 e. The van der Waals surface area contributed by atoms with E-state index < -0.39 is 17.9 Å². The zero-order valence-electron chi connectivity index (χ0n) is 16.8. The number of methoxy groups -OCH3 is 3. The van der Waals surface area contributed by atoms with Crippen LogP contribution in [-0.4, -0.2) is 33.2 Å². The van der Waals surface area contributed by atoms with E-state index in [9.17, 15) is 9.59 Å². The first-order valence-electron chi connectivity index (χ1n) is 9.06. The Morgan fingerprint density at radius 1 is 1.03 bits per heavy atom. The van der Waals surface area contributed by atoms with E-state index in [2.05, 4.69) is 5.32 Å². The van der Waals surface area contributed by atoms with E-state index in [1.54, 1.807) is 24.3 Å². The normalized spacial score (nSPS) is 11.7. The molecule has 7 heteroatoms. The van der Waals surface area contributed by atoms with Crippen LogP contribution in [0.25, 0.3) is 11.0 Å². The Balaban J connectivity index is 1.93. The van der Waals surface area contributed by atoms with E-state index in [1.165, 1.54) is 21.3 Å². The van der Waals surface area contributed by atoms with E-state index in [0.717, 1.165) is 10.9 Å². The van der Waals surface area contributed by atoms with Crippen LogP contribution in [0, 0.1) is 6.92 Å². The van der Waals surface area contributed by atoms with Crippen LogP contribution < -0.4 is 14.8 Å². The van der Waals surface area contributed by atoms with Crippen molar-refractivity contribution in [2.24, 2.45) is 0 Å². The lowest BCUT2D eigenvalue weighted by Crippen LogP contribution is -2.30. The largest absolute Gasteiger partial charge is 0.493 e. The number of para-hydroxylation sites is 1. The van der Waals surface area contributed by atoms with Crippen LogP contribution in [0.3, 0.4) is 0 Å². The summed E-state index contributed by atoms with van der Waals surface area (Å²) in [6.45, 7) is 1.83. The van der Waals surface area contributed by atoms with Gasteiger partial charge in [-0.2, -0.15) is 0 Å². The fourth-order valence-corrected chi connectivity index (χ4v) is 3.19. The monoisotopic (exact) mass is 397 g/mol. The average molecular weight is 397 g/mol. The van der Waals surface area contributed by atoms with E-state index in [-0.39, 0.29) is 12.2 Å². The Labute approximate surface area is 168 Å². The Morgan fingerprint density at radius 3 is 2.41 bits per heavy atom. The summed E-state index contributed by atoms with van der Waals surface area (Å²) in [4.78, 5) is 24.9. The summed E-state index contributed by atoms with van der Waals surface area (Å²) in [7, 11) is 4.36. The van der Waals surface area contributed by atoms with E-state index in [0.29, 0.717) is 22.6 Å². The lowest BCUT2D eigenvalue weighted by Gasteiger charge is -2.19. The van der Waals surface area contributed by atoms with Crippen molar-refractivity contribution in [2.75, 3.05) is 21.3 Å². The molecule has 29 heavy (non-hydrogen) atoms. The van der Waals surface area contributed by atoms with E-state index >= 15 is 0 Å².